The van der Waals surface area contributed by atoms with E-state index in [4.69, 9.17) is 28.5 Å². The number of hydrogen-bond acceptors (Lipinski definition) is 6. The molecule has 228 valence electrons. The van der Waals surface area contributed by atoms with Crippen molar-refractivity contribution >= 4 is 46.4 Å². The lowest BCUT2D eigenvalue weighted by Crippen LogP contribution is -2.73. The van der Waals surface area contributed by atoms with Crippen molar-refractivity contribution in [2.24, 2.45) is 11.5 Å². The molecule has 0 aliphatic rings. The molecule has 0 aromatic heterocycles. The normalized spacial score (nSPS) is 13.9. The fourth-order valence-corrected chi connectivity index (χ4v) is 20.3. The Bertz CT molecular complexity index is 1180. The Kier molecular flexibility index (Phi) is 11.8. The first-order valence-corrected chi connectivity index (χ1v) is 20.9. The average molecular weight is 631 g/mol. The summed E-state index contributed by atoms with van der Waals surface area (Å²) in [6.45, 7) is 4.08. The third-order valence-corrected chi connectivity index (χ3v) is 20.8. The molecule has 4 aromatic carbocycles. The zero-order valence-corrected chi connectivity index (χ0v) is 28.8. The molecule has 0 saturated carbocycles. The van der Waals surface area contributed by atoms with E-state index >= 15 is 0 Å². The Hall–Kier alpha value is -2.71. The Balaban J connectivity index is 1.95. The van der Waals surface area contributed by atoms with Crippen molar-refractivity contribution in [3.8, 4) is 0 Å². The van der Waals surface area contributed by atoms with Crippen molar-refractivity contribution in [2.45, 2.75) is 50.9 Å². The summed E-state index contributed by atoms with van der Waals surface area (Å²) >= 11 is 0. The first-order valence-electron chi connectivity index (χ1n) is 15.0. The molecule has 4 aromatic rings. The molecule has 43 heavy (non-hydrogen) atoms. The zero-order valence-electron chi connectivity index (χ0n) is 25.8. The molecule has 2 atom stereocenters. The molecule has 0 aliphatic heterocycles. The van der Waals surface area contributed by atoms with Gasteiger partial charge in [0.1, 0.15) is 0 Å². The lowest BCUT2D eigenvalue weighted by atomic mass is 10.3. The summed E-state index contributed by atoms with van der Waals surface area (Å²) < 4.78 is 27.8. The Morgan fingerprint density at radius 2 is 0.744 bits per heavy atom. The highest BCUT2D eigenvalue weighted by atomic mass is 28.5. The van der Waals surface area contributed by atoms with E-state index in [-0.39, 0.29) is 12.1 Å². The van der Waals surface area contributed by atoms with Gasteiger partial charge >= 0.3 is 9.05 Å². The highest BCUT2D eigenvalue weighted by molar-refractivity contribution is 7.04. The van der Waals surface area contributed by atoms with Gasteiger partial charge in [-0.3, -0.25) is 0 Å². The summed E-state index contributed by atoms with van der Waals surface area (Å²) in [6.07, 6.45) is 1.55. The van der Waals surface area contributed by atoms with E-state index in [9.17, 15) is 0 Å². The zero-order chi connectivity index (χ0) is 30.8. The molecule has 0 amide bonds. The van der Waals surface area contributed by atoms with E-state index in [2.05, 4.69) is 97.1 Å². The predicted molar refractivity (Wildman–Crippen MR) is 184 cm³/mol. The van der Waals surface area contributed by atoms with Crippen LogP contribution in [0.25, 0.3) is 0 Å². The number of hydrogen-bond donors (Lipinski definition) is 2. The fourth-order valence-electron chi connectivity index (χ4n) is 5.64. The van der Waals surface area contributed by atoms with Gasteiger partial charge < -0.3 is 28.5 Å². The van der Waals surface area contributed by atoms with Gasteiger partial charge in [0.25, 0.3) is 16.6 Å². The Morgan fingerprint density at radius 3 is 0.953 bits per heavy atom. The summed E-state index contributed by atoms with van der Waals surface area (Å²) in [5.74, 6) is 0. The van der Waals surface area contributed by atoms with Crippen LogP contribution in [0.1, 0.15) is 26.7 Å². The van der Waals surface area contributed by atoms with Crippen LogP contribution in [0, 0.1) is 0 Å². The van der Waals surface area contributed by atoms with Gasteiger partial charge in [-0.1, -0.05) is 121 Å². The maximum absolute atomic E-state index is 7.51. The molecule has 0 aliphatic carbocycles. The van der Waals surface area contributed by atoms with Crippen LogP contribution in [0.2, 0.25) is 12.1 Å². The van der Waals surface area contributed by atoms with Crippen molar-refractivity contribution in [2.75, 3.05) is 14.2 Å². The second-order valence-corrected chi connectivity index (χ2v) is 21.3. The molecule has 0 radical (unpaired) electrons. The monoisotopic (exact) mass is 630 g/mol. The minimum absolute atomic E-state index is 0.00174. The van der Waals surface area contributed by atoms with Gasteiger partial charge in [0.15, 0.2) is 0 Å². The highest BCUT2D eigenvalue weighted by Crippen LogP contribution is 2.29. The topological polar surface area (TPSA) is 89.0 Å². The van der Waals surface area contributed by atoms with Crippen LogP contribution < -0.4 is 32.2 Å². The molecule has 0 bridgehead atoms. The van der Waals surface area contributed by atoms with Crippen LogP contribution in [0.15, 0.2) is 121 Å². The van der Waals surface area contributed by atoms with Crippen LogP contribution in [0.4, 0.5) is 0 Å². The van der Waals surface area contributed by atoms with Crippen LogP contribution in [0.3, 0.4) is 0 Å². The molecule has 0 heterocycles. The molecule has 4 N–H and O–H groups in total. The highest BCUT2D eigenvalue weighted by Gasteiger charge is 2.59. The van der Waals surface area contributed by atoms with Crippen molar-refractivity contribution in [1.29, 1.82) is 0 Å². The second-order valence-electron chi connectivity index (χ2n) is 11.3. The number of benzene rings is 4. The predicted octanol–water partition coefficient (Wildman–Crippen LogP) is 3.74. The SMILES string of the molecule is CO[Si](OC)(O[Si](CCC(C)N)(c1ccccc1)c1ccccc1)O[Si](CCC(C)N)(c1ccccc1)c1ccccc1. The third-order valence-electron chi connectivity index (χ3n) is 7.96. The standard InChI is InChI=1S/C34H46N2O4Si3/c1-29(35)25-27-41(31-17-9-5-10-18-31,32-19-11-6-12-20-32)39-43(37-3,38-4)40-42(28-26-30(2)36,33-21-13-7-14-22-33)34-23-15-8-16-24-34/h5-24,29-30H,25-28,35-36H2,1-4H3. The van der Waals surface area contributed by atoms with Gasteiger partial charge in [-0.05, 0) is 59.5 Å². The van der Waals surface area contributed by atoms with Crippen LogP contribution in [-0.2, 0) is 17.1 Å². The lowest BCUT2D eigenvalue weighted by molar-refractivity contribution is 0.0786. The maximum atomic E-state index is 7.51. The first kappa shape index (κ1) is 33.2. The third kappa shape index (κ3) is 7.88. The summed E-state index contributed by atoms with van der Waals surface area (Å²) in [5, 5.41) is 4.50. The maximum Gasteiger partial charge on any atom is 0.658 e. The quantitative estimate of drug-likeness (QED) is 0.184. The van der Waals surface area contributed by atoms with E-state index < -0.39 is 25.7 Å². The van der Waals surface area contributed by atoms with E-state index in [0.29, 0.717) is 0 Å². The second kappa shape index (κ2) is 15.3. The molecular weight excluding hydrogens is 585 g/mol. The molecular formula is C34H46N2O4Si3. The average Bonchev–Trinajstić information content (AvgIpc) is 3.06. The molecule has 6 nitrogen and oxygen atoms in total. The van der Waals surface area contributed by atoms with Crippen LogP contribution in [-0.4, -0.2) is 52.0 Å². The molecule has 0 saturated heterocycles. The number of nitrogens with two attached hydrogens (primary N) is 2. The van der Waals surface area contributed by atoms with Gasteiger partial charge in [0.05, 0.1) is 0 Å². The van der Waals surface area contributed by atoms with Crippen molar-refractivity contribution < 1.29 is 17.1 Å². The molecule has 4 rings (SSSR count). The molecule has 2 unspecified atom stereocenters. The first-order chi connectivity index (χ1) is 20.8. The minimum Gasteiger partial charge on any atom is -0.385 e. The Labute approximate surface area is 260 Å². The van der Waals surface area contributed by atoms with Gasteiger partial charge in [0.2, 0.25) is 0 Å². The van der Waals surface area contributed by atoms with Gasteiger partial charge in [-0.15, -0.1) is 0 Å². The van der Waals surface area contributed by atoms with Crippen molar-refractivity contribution in [3.63, 3.8) is 0 Å². The van der Waals surface area contributed by atoms with Gasteiger partial charge in [0, 0.05) is 26.3 Å². The number of rotatable bonds is 16. The summed E-state index contributed by atoms with van der Waals surface area (Å²) in [4.78, 5) is 0. The summed E-state index contributed by atoms with van der Waals surface area (Å²) in [5.41, 5.74) is 12.8. The van der Waals surface area contributed by atoms with Crippen LogP contribution >= 0.6 is 0 Å². The molecule has 0 fully saturated rings. The fraction of sp³-hybridized carbons (Fsp3) is 0.294. The largest absolute Gasteiger partial charge is 0.658 e. The van der Waals surface area contributed by atoms with E-state index in [0.717, 1.165) is 45.7 Å². The minimum atomic E-state index is -3.85. The van der Waals surface area contributed by atoms with Gasteiger partial charge in [-0.2, -0.15) is 0 Å². The van der Waals surface area contributed by atoms with Crippen molar-refractivity contribution in [1.82, 2.24) is 0 Å². The summed E-state index contributed by atoms with van der Waals surface area (Å²) in [7, 11) is -6.61. The van der Waals surface area contributed by atoms with E-state index in [1.54, 1.807) is 14.2 Å². The smallest absolute Gasteiger partial charge is 0.385 e. The van der Waals surface area contributed by atoms with E-state index in [1.807, 2.05) is 38.1 Å². The van der Waals surface area contributed by atoms with Gasteiger partial charge in [-0.25, -0.2) is 0 Å². The van der Waals surface area contributed by atoms with Crippen molar-refractivity contribution in [3.05, 3.63) is 121 Å². The van der Waals surface area contributed by atoms with Crippen LogP contribution in [0.5, 0.6) is 0 Å². The Morgan fingerprint density at radius 1 is 0.488 bits per heavy atom. The molecule has 9 heteroatoms. The lowest BCUT2D eigenvalue weighted by Gasteiger charge is -2.44. The molecule has 0 spiro atoms. The van der Waals surface area contributed by atoms with E-state index in [1.165, 1.54) is 0 Å². The summed E-state index contributed by atoms with van der Waals surface area (Å²) in [6, 6.07) is 43.3.